The SMILES string of the molecule is COc1cc(C(C)O)ccc1C. The Labute approximate surface area is 72.8 Å². The predicted molar refractivity (Wildman–Crippen MR) is 48.4 cm³/mol. The Bertz CT molecular complexity index is 267. The first-order chi connectivity index (χ1) is 5.65. The molecule has 0 fully saturated rings. The number of rotatable bonds is 2. The van der Waals surface area contributed by atoms with Gasteiger partial charge in [0, 0.05) is 0 Å². The molecule has 0 aliphatic heterocycles. The van der Waals surface area contributed by atoms with Crippen molar-refractivity contribution < 1.29 is 9.84 Å². The average Bonchev–Trinajstić information content (AvgIpc) is 2.05. The first kappa shape index (κ1) is 9.07. The smallest absolute Gasteiger partial charge is 0.122 e. The highest BCUT2D eigenvalue weighted by atomic mass is 16.5. The molecule has 2 heteroatoms. The molecule has 1 unspecified atom stereocenters. The summed E-state index contributed by atoms with van der Waals surface area (Å²) in [4.78, 5) is 0. The fourth-order valence-corrected chi connectivity index (χ4v) is 1.10. The van der Waals surface area contributed by atoms with E-state index in [1.54, 1.807) is 14.0 Å². The van der Waals surface area contributed by atoms with Gasteiger partial charge in [-0.1, -0.05) is 12.1 Å². The standard InChI is InChI=1S/C10H14O2/c1-7-4-5-9(8(2)11)6-10(7)12-3/h4-6,8,11H,1-3H3. The highest BCUT2D eigenvalue weighted by Gasteiger charge is 2.03. The van der Waals surface area contributed by atoms with E-state index in [-0.39, 0.29) is 0 Å². The molecule has 0 saturated carbocycles. The molecule has 0 bridgehead atoms. The van der Waals surface area contributed by atoms with Gasteiger partial charge in [0.25, 0.3) is 0 Å². The van der Waals surface area contributed by atoms with Crippen LogP contribution in [-0.4, -0.2) is 12.2 Å². The monoisotopic (exact) mass is 166 g/mol. The van der Waals surface area contributed by atoms with Crippen molar-refractivity contribution in [1.29, 1.82) is 0 Å². The number of methoxy groups -OCH3 is 1. The molecule has 0 aromatic heterocycles. The molecule has 0 radical (unpaired) electrons. The fraction of sp³-hybridized carbons (Fsp3) is 0.400. The van der Waals surface area contributed by atoms with Crippen LogP contribution >= 0.6 is 0 Å². The second kappa shape index (κ2) is 3.59. The Kier molecular flexibility index (Phi) is 2.71. The van der Waals surface area contributed by atoms with Crippen molar-refractivity contribution >= 4 is 0 Å². The molecule has 1 N–H and O–H groups in total. The second-order valence-electron chi connectivity index (χ2n) is 2.91. The molecule has 0 aliphatic rings. The summed E-state index contributed by atoms with van der Waals surface area (Å²) >= 11 is 0. The predicted octanol–water partition coefficient (Wildman–Crippen LogP) is 2.06. The minimum Gasteiger partial charge on any atom is -0.496 e. The summed E-state index contributed by atoms with van der Waals surface area (Å²) in [5, 5.41) is 9.28. The van der Waals surface area contributed by atoms with Crippen LogP contribution in [0.4, 0.5) is 0 Å². The van der Waals surface area contributed by atoms with Crippen molar-refractivity contribution in [3.63, 3.8) is 0 Å². The minimum absolute atomic E-state index is 0.431. The van der Waals surface area contributed by atoms with Crippen LogP contribution in [0.1, 0.15) is 24.2 Å². The lowest BCUT2D eigenvalue weighted by atomic mass is 10.1. The Morgan fingerprint density at radius 1 is 1.42 bits per heavy atom. The molecule has 0 saturated heterocycles. The lowest BCUT2D eigenvalue weighted by Crippen LogP contribution is -1.93. The molecule has 1 aromatic carbocycles. The summed E-state index contributed by atoms with van der Waals surface area (Å²) < 4.78 is 5.12. The fourth-order valence-electron chi connectivity index (χ4n) is 1.10. The highest BCUT2D eigenvalue weighted by molar-refractivity contribution is 5.37. The maximum atomic E-state index is 9.28. The quantitative estimate of drug-likeness (QED) is 0.728. The lowest BCUT2D eigenvalue weighted by molar-refractivity contribution is 0.199. The summed E-state index contributed by atoms with van der Waals surface area (Å²) in [6, 6.07) is 5.71. The van der Waals surface area contributed by atoms with Gasteiger partial charge in [-0.25, -0.2) is 0 Å². The first-order valence-electron chi connectivity index (χ1n) is 3.97. The van der Waals surface area contributed by atoms with E-state index < -0.39 is 6.10 Å². The molecule has 0 spiro atoms. The number of hydrogen-bond acceptors (Lipinski definition) is 2. The van der Waals surface area contributed by atoms with Crippen molar-refractivity contribution in [1.82, 2.24) is 0 Å². The molecule has 0 aliphatic carbocycles. The maximum absolute atomic E-state index is 9.28. The van der Waals surface area contributed by atoms with Gasteiger partial charge in [0.15, 0.2) is 0 Å². The van der Waals surface area contributed by atoms with Gasteiger partial charge in [-0.05, 0) is 31.0 Å². The molecule has 1 atom stereocenters. The Morgan fingerprint density at radius 3 is 2.58 bits per heavy atom. The van der Waals surface area contributed by atoms with E-state index in [1.165, 1.54) is 0 Å². The van der Waals surface area contributed by atoms with Crippen LogP contribution < -0.4 is 4.74 Å². The number of benzene rings is 1. The van der Waals surface area contributed by atoms with Crippen LogP contribution in [0.2, 0.25) is 0 Å². The minimum atomic E-state index is -0.431. The molecule has 66 valence electrons. The molecule has 12 heavy (non-hydrogen) atoms. The average molecular weight is 166 g/mol. The lowest BCUT2D eigenvalue weighted by Gasteiger charge is -2.09. The number of ether oxygens (including phenoxy) is 1. The molecular weight excluding hydrogens is 152 g/mol. The zero-order valence-electron chi connectivity index (χ0n) is 7.66. The normalized spacial score (nSPS) is 12.7. The van der Waals surface area contributed by atoms with Crippen molar-refractivity contribution in [2.75, 3.05) is 7.11 Å². The zero-order valence-corrected chi connectivity index (χ0v) is 7.66. The second-order valence-corrected chi connectivity index (χ2v) is 2.91. The molecule has 0 amide bonds. The summed E-state index contributed by atoms with van der Waals surface area (Å²) in [5.41, 5.74) is 1.97. The molecule has 2 nitrogen and oxygen atoms in total. The topological polar surface area (TPSA) is 29.5 Å². The summed E-state index contributed by atoms with van der Waals surface area (Å²) in [5.74, 6) is 0.827. The Morgan fingerprint density at radius 2 is 2.08 bits per heavy atom. The van der Waals surface area contributed by atoms with Gasteiger partial charge >= 0.3 is 0 Å². The van der Waals surface area contributed by atoms with Crippen molar-refractivity contribution in [2.45, 2.75) is 20.0 Å². The van der Waals surface area contributed by atoms with Gasteiger partial charge in [-0.3, -0.25) is 0 Å². The van der Waals surface area contributed by atoms with Gasteiger partial charge in [-0.2, -0.15) is 0 Å². The molecule has 1 rings (SSSR count). The van der Waals surface area contributed by atoms with Crippen LogP contribution in [-0.2, 0) is 0 Å². The Balaban J connectivity index is 3.05. The van der Waals surface area contributed by atoms with E-state index in [0.717, 1.165) is 16.9 Å². The van der Waals surface area contributed by atoms with Crippen molar-refractivity contribution in [3.8, 4) is 5.75 Å². The van der Waals surface area contributed by atoms with Gasteiger partial charge in [0.05, 0.1) is 13.2 Å². The number of hydrogen-bond donors (Lipinski definition) is 1. The molecule has 1 aromatic rings. The summed E-state index contributed by atoms with van der Waals surface area (Å²) in [6.45, 7) is 3.72. The number of aliphatic hydroxyl groups is 1. The highest BCUT2D eigenvalue weighted by Crippen LogP contribution is 2.22. The van der Waals surface area contributed by atoms with Crippen LogP contribution in [0.5, 0.6) is 5.75 Å². The van der Waals surface area contributed by atoms with E-state index in [4.69, 9.17) is 4.74 Å². The van der Waals surface area contributed by atoms with Gasteiger partial charge < -0.3 is 9.84 Å². The van der Waals surface area contributed by atoms with Gasteiger partial charge in [0.2, 0.25) is 0 Å². The maximum Gasteiger partial charge on any atom is 0.122 e. The third-order valence-corrected chi connectivity index (χ3v) is 1.91. The van der Waals surface area contributed by atoms with Crippen LogP contribution in [0.25, 0.3) is 0 Å². The third-order valence-electron chi connectivity index (χ3n) is 1.91. The van der Waals surface area contributed by atoms with Crippen molar-refractivity contribution in [2.24, 2.45) is 0 Å². The third kappa shape index (κ3) is 1.77. The van der Waals surface area contributed by atoms with Crippen LogP contribution in [0.3, 0.4) is 0 Å². The molecule has 0 heterocycles. The zero-order chi connectivity index (χ0) is 9.14. The van der Waals surface area contributed by atoms with E-state index in [0.29, 0.717) is 0 Å². The van der Waals surface area contributed by atoms with Gasteiger partial charge in [0.1, 0.15) is 5.75 Å². The Hall–Kier alpha value is -1.02. The molecular formula is C10H14O2. The number of aliphatic hydroxyl groups excluding tert-OH is 1. The van der Waals surface area contributed by atoms with E-state index in [1.807, 2.05) is 25.1 Å². The van der Waals surface area contributed by atoms with E-state index >= 15 is 0 Å². The van der Waals surface area contributed by atoms with Crippen LogP contribution in [0, 0.1) is 6.92 Å². The largest absolute Gasteiger partial charge is 0.496 e. The first-order valence-corrected chi connectivity index (χ1v) is 3.97. The summed E-state index contributed by atoms with van der Waals surface area (Å²) in [6.07, 6.45) is -0.431. The summed E-state index contributed by atoms with van der Waals surface area (Å²) in [7, 11) is 1.63. The van der Waals surface area contributed by atoms with Gasteiger partial charge in [-0.15, -0.1) is 0 Å². The van der Waals surface area contributed by atoms with Crippen LogP contribution in [0.15, 0.2) is 18.2 Å². The van der Waals surface area contributed by atoms with E-state index in [9.17, 15) is 5.11 Å². The van der Waals surface area contributed by atoms with Crippen molar-refractivity contribution in [3.05, 3.63) is 29.3 Å². The number of aryl methyl sites for hydroxylation is 1. The van der Waals surface area contributed by atoms with E-state index in [2.05, 4.69) is 0 Å².